The summed E-state index contributed by atoms with van der Waals surface area (Å²) in [6.45, 7) is 3.35. The Hall–Kier alpha value is -3.25. The highest BCUT2D eigenvalue weighted by atomic mass is 16.6. The molecule has 30 heavy (non-hydrogen) atoms. The van der Waals surface area contributed by atoms with E-state index in [2.05, 4.69) is 22.6 Å². The van der Waals surface area contributed by atoms with Crippen LogP contribution in [0.3, 0.4) is 0 Å². The Morgan fingerprint density at radius 2 is 1.83 bits per heavy atom. The highest BCUT2D eigenvalue weighted by Crippen LogP contribution is 2.24. The Labute approximate surface area is 176 Å². The Morgan fingerprint density at radius 3 is 2.57 bits per heavy atom. The van der Waals surface area contributed by atoms with Crippen molar-refractivity contribution in [2.45, 2.75) is 12.8 Å². The summed E-state index contributed by atoms with van der Waals surface area (Å²) in [5.41, 5.74) is 1.76. The smallest absolute Gasteiger partial charge is 0.291 e. The number of carbonyl (C=O) groups excluding carboxylic acids is 1. The monoisotopic (exact) mass is 405 g/mol. The lowest BCUT2D eigenvalue weighted by Gasteiger charge is -2.12. The number of nitrogens with one attached hydrogen (secondary N) is 2. The normalized spacial score (nSPS) is 16.4. The fourth-order valence-electron chi connectivity index (χ4n) is 3.65. The number of nitrogens with zero attached hydrogens (tertiary/aromatic N) is 1. The van der Waals surface area contributed by atoms with Crippen LogP contribution in [-0.4, -0.2) is 37.5 Å². The van der Waals surface area contributed by atoms with Gasteiger partial charge in [0.15, 0.2) is 5.76 Å². The highest BCUT2D eigenvalue weighted by molar-refractivity contribution is 6.02. The van der Waals surface area contributed by atoms with Crippen molar-refractivity contribution in [2.75, 3.05) is 37.3 Å². The van der Waals surface area contributed by atoms with Crippen molar-refractivity contribution >= 4 is 17.3 Å². The molecular weight excluding hydrogens is 378 g/mol. The average molecular weight is 405 g/mol. The number of rotatable bonds is 8. The largest absolute Gasteiger partial charge is 0.426 e. The summed E-state index contributed by atoms with van der Waals surface area (Å²) in [6.07, 6.45) is 2.46. The van der Waals surface area contributed by atoms with Crippen LogP contribution in [0.25, 0.3) is 0 Å². The Kier molecular flexibility index (Phi) is 6.35. The zero-order valence-corrected chi connectivity index (χ0v) is 17.1. The molecule has 6 nitrogen and oxygen atoms in total. The molecule has 156 valence electrons. The van der Waals surface area contributed by atoms with Gasteiger partial charge in [0.2, 0.25) is 0 Å². The average Bonchev–Trinajstić information content (AvgIpc) is 3.39. The lowest BCUT2D eigenvalue weighted by atomic mass is 10.1. The number of ether oxygens (including phenoxy) is 1. The molecule has 0 spiro atoms. The lowest BCUT2D eigenvalue weighted by molar-refractivity contribution is 0.0992. The number of anilines is 2. The number of para-hydroxylation sites is 1. The standard InChI is InChI=1S/C24H27N3O3/c1-27-16-14-18(17-27)13-15-25-19-7-9-20(10-8-19)26-24(28)22-11-12-23(30-22)29-21-5-3-2-4-6-21/h2-12,18,25H,13-17H2,1H3,(H,26,28). The maximum absolute atomic E-state index is 12.4. The molecule has 1 amide bonds. The van der Waals surface area contributed by atoms with Crippen LogP contribution in [0.2, 0.25) is 0 Å². The van der Waals surface area contributed by atoms with Crippen LogP contribution in [0.1, 0.15) is 23.4 Å². The van der Waals surface area contributed by atoms with Crippen molar-refractivity contribution in [3.63, 3.8) is 0 Å². The predicted molar refractivity (Wildman–Crippen MR) is 118 cm³/mol. The van der Waals surface area contributed by atoms with E-state index in [1.165, 1.54) is 25.9 Å². The lowest BCUT2D eigenvalue weighted by Crippen LogP contribution is -2.15. The molecule has 1 aliphatic rings. The van der Waals surface area contributed by atoms with E-state index in [9.17, 15) is 4.79 Å². The summed E-state index contributed by atoms with van der Waals surface area (Å²) in [4.78, 5) is 14.8. The quantitative estimate of drug-likeness (QED) is 0.547. The first-order valence-electron chi connectivity index (χ1n) is 10.3. The second-order valence-corrected chi connectivity index (χ2v) is 7.70. The summed E-state index contributed by atoms with van der Waals surface area (Å²) >= 11 is 0. The minimum absolute atomic E-state index is 0.199. The fourth-order valence-corrected chi connectivity index (χ4v) is 3.65. The van der Waals surface area contributed by atoms with E-state index >= 15 is 0 Å². The number of furan rings is 1. The number of carbonyl (C=O) groups is 1. The third-order valence-electron chi connectivity index (χ3n) is 5.28. The van der Waals surface area contributed by atoms with Gasteiger partial charge in [-0.15, -0.1) is 0 Å². The van der Waals surface area contributed by atoms with E-state index in [-0.39, 0.29) is 17.6 Å². The molecular formula is C24H27N3O3. The van der Waals surface area contributed by atoms with Crippen LogP contribution in [0.5, 0.6) is 11.7 Å². The zero-order valence-electron chi connectivity index (χ0n) is 17.1. The second kappa shape index (κ2) is 9.50. The molecule has 2 heterocycles. The number of hydrogen-bond acceptors (Lipinski definition) is 5. The Morgan fingerprint density at radius 1 is 1.07 bits per heavy atom. The maximum atomic E-state index is 12.4. The number of likely N-dealkylation sites (tertiary alicyclic amines) is 1. The van der Waals surface area contributed by atoms with E-state index in [0.717, 1.165) is 18.2 Å². The van der Waals surface area contributed by atoms with Gasteiger partial charge in [-0.3, -0.25) is 4.79 Å². The van der Waals surface area contributed by atoms with Gasteiger partial charge < -0.3 is 24.7 Å². The van der Waals surface area contributed by atoms with Crippen LogP contribution >= 0.6 is 0 Å². The molecule has 2 aromatic carbocycles. The number of hydrogen-bond donors (Lipinski definition) is 2. The first-order chi connectivity index (χ1) is 14.7. The van der Waals surface area contributed by atoms with Crippen molar-refractivity contribution < 1.29 is 13.9 Å². The van der Waals surface area contributed by atoms with Gasteiger partial charge in [0.25, 0.3) is 11.9 Å². The Bertz CT molecular complexity index is 953. The van der Waals surface area contributed by atoms with Gasteiger partial charge in [-0.2, -0.15) is 0 Å². The number of benzene rings is 2. The maximum Gasteiger partial charge on any atom is 0.291 e. The van der Waals surface area contributed by atoms with Crippen molar-refractivity contribution in [1.82, 2.24) is 4.90 Å². The summed E-state index contributed by atoms with van der Waals surface area (Å²) in [5.74, 6) is 1.60. The van der Waals surface area contributed by atoms with E-state index in [1.807, 2.05) is 54.6 Å². The minimum atomic E-state index is -0.316. The first-order valence-corrected chi connectivity index (χ1v) is 10.3. The van der Waals surface area contributed by atoms with Crippen LogP contribution in [0.4, 0.5) is 11.4 Å². The molecule has 3 aromatic rings. The van der Waals surface area contributed by atoms with Crippen LogP contribution in [0, 0.1) is 5.92 Å². The van der Waals surface area contributed by atoms with Gasteiger partial charge in [0.1, 0.15) is 5.75 Å². The molecule has 0 bridgehead atoms. The summed E-state index contributed by atoms with van der Waals surface area (Å²) in [6, 6.07) is 20.3. The van der Waals surface area contributed by atoms with Crippen LogP contribution in [-0.2, 0) is 0 Å². The predicted octanol–water partition coefficient (Wildman–Crippen LogP) is 5.08. The molecule has 0 saturated carbocycles. The molecule has 0 radical (unpaired) electrons. The van der Waals surface area contributed by atoms with E-state index < -0.39 is 0 Å². The zero-order chi connectivity index (χ0) is 20.8. The topological polar surface area (TPSA) is 66.7 Å². The second-order valence-electron chi connectivity index (χ2n) is 7.70. The van der Waals surface area contributed by atoms with E-state index in [1.54, 1.807) is 12.1 Å². The molecule has 1 atom stereocenters. The number of amides is 1. The van der Waals surface area contributed by atoms with Crippen molar-refractivity contribution in [3.8, 4) is 11.7 Å². The van der Waals surface area contributed by atoms with Gasteiger partial charge in [-0.25, -0.2) is 0 Å². The molecule has 4 rings (SSSR count). The van der Waals surface area contributed by atoms with Gasteiger partial charge in [-0.05, 0) is 74.8 Å². The van der Waals surface area contributed by atoms with Gasteiger partial charge >= 0.3 is 0 Å². The van der Waals surface area contributed by atoms with E-state index in [0.29, 0.717) is 11.4 Å². The molecule has 1 unspecified atom stereocenters. The van der Waals surface area contributed by atoms with Crippen molar-refractivity contribution in [2.24, 2.45) is 5.92 Å². The van der Waals surface area contributed by atoms with Crippen LogP contribution < -0.4 is 15.4 Å². The van der Waals surface area contributed by atoms with Crippen molar-refractivity contribution in [1.29, 1.82) is 0 Å². The molecule has 1 saturated heterocycles. The Balaban J connectivity index is 1.25. The van der Waals surface area contributed by atoms with E-state index in [4.69, 9.17) is 9.15 Å². The molecule has 1 fully saturated rings. The first kappa shape index (κ1) is 20.0. The molecule has 6 heteroatoms. The highest BCUT2D eigenvalue weighted by Gasteiger charge is 2.18. The van der Waals surface area contributed by atoms with Gasteiger partial charge in [0, 0.05) is 30.5 Å². The van der Waals surface area contributed by atoms with Crippen LogP contribution in [0.15, 0.2) is 71.1 Å². The van der Waals surface area contributed by atoms with Gasteiger partial charge in [0.05, 0.1) is 0 Å². The minimum Gasteiger partial charge on any atom is -0.426 e. The molecule has 2 N–H and O–H groups in total. The molecule has 1 aromatic heterocycles. The third-order valence-corrected chi connectivity index (χ3v) is 5.28. The SMILES string of the molecule is CN1CCC(CCNc2ccc(NC(=O)c3ccc(Oc4ccccc4)o3)cc2)C1. The van der Waals surface area contributed by atoms with Crippen molar-refractivity contribution in [3.05, 3.63) is 72.5 Å². The fraction of sp³-hybridized carbons (Fsp3) is 0.292. The summed E-state index contributed by atoms with van der Waals surface area (Å²) < 4.78 is 11.1. The molecule has 0 aliphatic carbocycles. The van der Waals surface area contributed by atoms with Gasteiger partial charge in [-0.1, -0.05) is 18.2 Å². The molecule has 1 aliphatic heterocycles. The summed E-state index contributed by atoms with van der Waals surface area (Å²) in [5, 5.41) is 6.31. The third kappa shape index (κ3) is 5.42. The summed E-state index contributed by atoms with van der Waals surface area (Å²) in [7, 11) is 2.18.